The van der Waals surface area contributed by atoms with E-state index in [-0.39, 0.29) is 18.8 Å². The van der Waals surface area contributed by atoms with Crippen LogP contribution in [0.4, 0.5) is 8.78 Å². The van der Waals surface area contributed by atoms with E-state index in [9.17, 15) is 18.7 Å². The Labute approximate surface area is 133 Å². The van der Waals surface area contributed by atoms with Gasteiger partial charge in [-0.05, 0) is 25.7 Å². The summed E-state index contributed by atoms with van der Waals surface area (Å²) in [5.74, 6) is -3.41. The maximum atomic E-state index is 14.1. The van der Waals surface area contributed by atoms with Gasteiger partial charge in [-0.15, -0.1) is 0 Å². The zero-order chi connectivity index (χ0) is 16.8. The number of alkyl halides is 2. The van der Waals surface area contributed by atoms with Gasteiger partial charge in [0.15, 0.2) is 5.82 Å². The summed E-state index contributed by atoms with van der Waals surface area (Å²) in [7, 11) is 0. The lowest BCUT2D eigenvalue weighted by Gasteiger charge is -2.42. The average molecular weight is 328 g/mol. The van der Waals surface area contributed by atoms with Crippen LogP contribution in [0, 0.1) is 0 Å². The number of carbonyl (C=O) groups is 1. The molecule has 2 aliphatic rings. The monoisotopic (exact) mass is 328 g/mol. The number of fused-ring (bicyclic) bond motifs is 1. The zero-order valence-corrected chi connectivity index (χ0v) is 13.4. The molecule has 0 saturated heterocycles. The highest BCUT2D eigenvalue weighted by atomic mass is 19.3. The Hall–Kier alpha value is -1.57. The number of hydrogen-bond acceptors (Lipinski definition) is 4. The van der Waals surface area contributed by atoms with Crippen LogP contribution < -0.4 is 5.32 Å². The molecule has 6 nitrogen and oxygen atoms in total. The number of aromatic nitrogens is 3. The van der Waals surface area contributed by atoms with Gasteiger partial charge in [0.05, 0.1) is 6.54 Å². The standard InChI is InChI=1S/C15H22F2N4O2/c1-9(2)12-19-11-5-4-10(8-21(11)20-12)18-13(22)15(16,17)14(23)6-3-7-14/h9-10,23H,3-8H2,1-2H3,(H,18,22). The van der Waals surface area contributed by atoms with E-state index < -0.39 is 23.5 Å². The van der Waals surface area contributed by atoms with Gasteiger partial charge in [-0.3, -0.25) is 4.79 Å². The smallest absolute Gasteiger partial charge is 0.352 e. The molecule has 2 N–H and O–H groups in total. The molecule has 1 unspecified atom stereocenters. The lowest BCUT2D eigenvalue weighted by atomic mass is 9.75. The SMILES string of the molecule is CC(C)c1nc2n(n1)CC(NC(=O)C(F)(F)C1(O)CCC1)CC2. The van der Waals surface area contributed by atoms with Gasteiger partial charge in [0, 0.05) is 18.4 Å². The van der Waals surface area contributed by atoms with Gasteiger partial charge < -0.3 is 10.4 Å². The van der Waals surface area contributed by atoms with Crippen LogP contribution in [-0.4, -0.2) is 43.3 Å². The van der Waals surface area contributed by atoms with Crippen molar-refractivity contribution < 1.29 is 18.7 Å². The third kappa shape index (κ3) is 2.73. The molecule has 23 heavy (non-hydrogen) atoms. The normalized spacial score (nSPS) is 23.3. The van der Waals surface area contributed by atoms with Gasteiger partial charge in [0.25, 0.3) is 5.91 Å². The highest BCUT2D eigenvalue weighted by Crippen LogP contribution is 2.44. The van der Waals surface area contributed by atoms with Gasteiger partial charge in [0.1, 0.15) is 11.4 Å². The Balaban J connectivity index is 1.66. The summed E-state index contributed by atoms with van der Waals surface area (Å²) in [6, 6.07) is -0.425. The van der Waals surface area contributed by atoms with E-state index in [0.717, 1.165) is 11.6 Å². The topological polar surface area (TPSA) is 80.0 Å². The van der Waals surface area contributed by atoms with Gasteiger partial charge in [0.2, 0.25) is 0 Å². The van der Waals surface area contributed by atoms with Gasteiger partial charge in [-0.1, -0.05) is 13.8 Å². The predicted octanol–water partition coefficient (Wildman–Crippen LogP) is 1.38. The molecule has 1 aromatic heterocycles. The first kappa shape index (κ1) is 16.3. The van der Waals surface area contributed by atoms with Crippen molar-refractivity contribution in [2.24, 2.45) is 0 Å². The fourth-order valence-electron chi connectivity index (χ4n) is 3.00. The van der Waals surface area contributed by atoms with Crippen molar-refractivity contribution in [2.45, 2.75) is 76.0 Å². The number of halogens is 2. The Morgan fingerprint density at radius 1 is 1.48 bits per heavy atom. The fraction of sp³-hybridized carbons (Fsp3) is 0.800. The van der Waals surface area contributed by atoms with E-state index in [1.54, 1.807) is 4.68 Å². The van der Waals surface area contributed by atoms with E-state index in [2.05, 4.69) is 15.4 Å². The minimum absolute atomic E-state index is 0.0386. The summed E-state index contributed by atoms with van der Waals surface area (Å²) in [5.41, 5.74) is -2.19. The molecule has 1 fully saturated rings. The van der Waals surface area contributed by atoms with Crippen molar-refractivity contribution in [1.29, 1.82) is 0 Å². The molecule has 0 radical (unpaired) electrons. The molecule has 1 saturated carbocycles. The minimum Gasteiger partial charge on any atom is -0.383 e. The summed E-state index contributed by atoms with van der Waals surface area (Å²) in [6.45, 7) is 4.30. The number of aryl methyl sites for hydroxylation is 1. The van der Waals surface area contributed by atoms with E-state index in [1.807, 2.05) is 13.8 Å². The van der Waals surface area contributed by atoms with Crippen molar-refractivity contribution in [3.05, 3.63) is 11.6 Å². The first-order valence-corrected chi connectivity index (χ1v) is 8.08. The van der Waals surface area contributed by atoms with E-state index in [1.165, 1.54) is 0 Å². The van der Waals surface area contributed by atoms with E-state index in [4.69, 9.17) is 0 Å². The number of carbonyl (C=O) groups excluding carboxylic acids is 1. The largest absolute Gasteiger partial charge is 0.383 e. The molecule has 1 aliphatic heterocycles. The Kier molecular flexibility index (Phi) is 3.90. The second-order valence-electron chi connectivity index (χ2n) is 6.89. The predicted molar refractivity (Wildman–Crippen MR) is 78.1 cm³/mol. The number of nitrogens with zero attached hydrogens (tertiary/aromatic N) is 3. The molecule has 2 heterocycles. The quantitative estimate of drug-likeness (QED) is 0.875. The molecule has 0 bridgehead atoms. The van der Waals surface area contributed by atoms with Gasteiger partial charge in [-0.2, -0.15) is 13.9 Å². The summed E-state index contributed by atoms with van der Waals surface area (Å²) in [5, 5.41) is 16.6. The van der Waals surface area contributed by atoms with Gasteiger partial charge in [-0.25, -0.2) is 9.67 Å². The van der Waals surface area contributed by atoms with Crippen molar-refractivity contribution >= 4 is 5.91 Å². The molecule has 0 spiro atoms. The summed E-state index contributed by atoms with van der Waals surface area (Å²) >= 11 is 0. The molecule has 1 amide bonds. The Morgan fingerprint density at radius 3 is 2.74 bits per heavy atom. The second kappa shape index (κ2) is 5.51. The molecule has 1 atom stereocenters. The van der Waals surface area contributed by atoms with E-state index in [0.29, 0.717) is 25.8 Å². The highest BCUT2D eigenvalue weighted by Gasteiger charge is 2.61. The molecular formula is C15H22F2N4O2. The molecular weight excluding hydrogens is 306 g/mol. The van der Waals surface area contributed by atoms with Crippen LogP contribution in [0.3, 0.4) is 0 Å². The minimum atomic E-state index is -3.75. The molecule has 0 aromatic carbocycles. The van der Waals surface area contributed by atoms with Gasteiger partial charge >= 0.3 is 5.92 Å². The van der Waals surface area contributed by atoms with E-state index >= 15 is 0 Å². The van der Waals surface area contributed by atoms with Crippen molar-refractivity contribution in [3.63, 3.8) is 0 Å². The summed E-state index contributed by atoms with van der Waals surface area (Å²) in [4.78, 5) is 16.4. The summed E-state index contributed by atoms with van der Waals surface area (Å²) in [6.07, 6.45) is 1.56. The van der Waals surface area contributed by atoms with Crippen LogP contribution in [0.15, 0.2) is 0 Å². The van der Waals surface area contributed by atoms with Crippen LogP contribution in [0.25, 0.3) is 0 Å². The maximum absolute atomic E-state index is 14.1. The molecule has 3 rings (SSSR count). The molecule has 1 aliphatic carbocycles. The van der Waals surface area contributed by atoms with Crippen LogP contribution in [0.2, 0.25) is 0 Å². The first-order valence-electron chi connectivity index (χ1n) is 8.08. The van der Waals surface area contributed by atoms with Crippen LogP contribution in [0.1, 0.15) is 57.1 Å². The number of aliphatic hydroxyl groups is 1. The fourth-order valence-corrected chi connectivity index (χ4v) is 3.00. The Morgan fingerprint density at radius 2 is 2.17 bits per heavy atom. The van der Waals surface area contributed by atoms with Crippen molar-refractivity contribution in [1.82, 2.24) is 20.1 Å². The number of amides is 1. The van der Waals surface area contributed by atoms with Crippen LogP contribution >= 0.6 is 0 Å². The Bertz CT molecular complexity index is 611. The summed E-state index contributed by atoms with van der Waals surface area (Å²) < 4.78 is 29.9. The number of hydrogen-bond donors (Lipinski definition) is 2. The molecule has 8 heteroatoms. The third-order valence-electron chi connectivity index (χ3n) is 4.78. The molecule has 1 aromatic rings. The zero-order valence-electron chi connectivity index (χ0n) is 13.4. The average Bonchev–Trinajstić information content (AvgIpc) is 2.87. The lowest BCUT2D eigenvalue weighted by molar-refractivity contribution is -0.216. The van der Waals surface area contributed by atoms with Crippen molar-refractivity contribution in [2.75, 3.05) is 0 Å². The molecule has 128 valence electrons. The van der Waals surface area contributed by atoms with Crippen LogP contribution in [-0.2, 0) is 17.8 Å². The highest BCUT2D eigenvalue weighted by molar-refractivity contribution is 5.85. The number of rotatable bonds is 4. The third-order valence-corrected chi connectivity index (χ3v) is 4.78. The number of nitrogens with one attached hydrogen (secondary N) is 1. The first-order chi connectivity index (χ1) is 10.7. The second-order valence-corrected chi connectivity index (χ2v) is 6.89. The maximum Gasteiger partial charge on any atom is 0.352 e. The lowest BCUT2D eigenvalue weighted by Crippen LogP contribution is -2.62. The van der Waals surface area contributed by atoms with Crippen LogP contribution in [0.5, 0.6) is 0 Å². The van der Waals surface area contributed by atoms with Crippen molar-refractivity contribution in [3.8, 4) is 0 Å².